The lowest BCUT2D eigenvalue weighted by Crippen LogP contribution is -2.54. The molecular weight excluding hydrogens is 420 g/mol. The number of rotatable bonds is 11. The van der Waals surface area contributed by atoms with Gasteiger partial charge in [0, 0.05) is 12.2 Å². The molecule has 0 aromatic rings. The van der Waals surface area contributed by atoms with Crippen LogP contribution in [0.15, 0.2) is 12.2 Å². The van der Waals surface area contributed by atoms with Crippen LogP contribution in [0.2, 0.25) is 51.4 Å². The highest BCUT2D eigenvalue weighted by Gasteiger charge is 2.45. The third kappa shape index (κ3) is 10.7. The van der Waals surface area contributed by atoms with E-state index in [-0.39, 0.29) is 0 Å². The van der Waals surface area contributed by atoms with Crippen molar-refractivity contribution in [3.05, 3.63) is 12.2 Å². The average Bonchev–Trinajstić information content (AvgIpc) is 2.54. The van der Waals surface area contributed by atoms with E-state index < -0.39 is 37.1 Å². The summed E-state index contributed by atoms with van der Waals surface area (Å²) in [5.41, 5.74) is 0.385. The minimum Gasteiger partial charge on any atom is -0.478 e. The third-order valence-electron chi connectivity index (χ3n) is 5.21. The van der Waals surface area contributed by atoms with Gasteiger partial charge in [-0.05, 0) is 63.7 Å². The fourth-order valence-electron chi connectivity index (χ4n) is 4.63. The Morgan fingerprint density at radius 1 is 0.966 bits per heavy atom. The highest BCUT2D eigenvalue weighted by atomic mass is 28.5. The topological polar surface area (TPSA) is 82.1 Å². The molecule has 1 rings (SSSR count). The molecule has 1 aliphatic rings. The van der Waals surface area contributed by atoms with Gasteiger partial charge in [-0.15, -0.1) is 0 Å². The maximum Gasteiger partial charge on any atom is 0.331 e. The first-order chi connectivity index (χ1) is 13.2. The number of aliphatic carboxylic acids is 1. The highest BCUT2D eigenvalue weighted by Crippen LogP contribution is 2.43. The van der Waals surface area contributed by atoms with E-state index in [1.54, 1.807) is 0 Å². The van der Waals surface area contributed by atoms with Gasteiger partial charge in [0.1, 0.15) is 0 Å². The predicted octanol–water partition coefficient (Wildman–Crippen LogP) is 5.29. The van der Waals surface area contributed by atoms with Crippen molar-refractivity contribution in [2.75, 3.05) is 6.61 Å². The van der Waals surface area contributed by atoms with Crippen molar-refractivity contribution in [3.63, 3.8) is 0 Å². The molecule has 0 saturated heterocycles. The van der Waals surface area contributed by atoms with Crippen LogP contribution in [0.25, 0.3) is 0 Å². The Bertz CT molecular complexity index is 577. The van der Waals surface area contributed by atoms with E-state index in [1.165, 1.54) is 32.1 Å². The molecule has 0 bridgehead atoms. The number of carbonyl (C=O) groups is 2. The van der Waals surface area contributed by atoms with Crippen molar-refractivity contribution in [1.29, 1.82) is 0 Å². The summed E-state index contributed by atoms with van der Waals surface area (Å²) in [7, 11) is -6.05. The fourth-order valence-corrected chi connectivity index (χ4v) is 19.0. The molecule has 1 fully saturated rings. The van der Waals surface area contributed by atoms with Crippen LogP contribution in [0.1, 0.15) is 38.5 Å². The second-order valence-corrected chi connectivity index (χ2v) is 22.6. The largest absolute Gasteiger partial charge is 0.478 e. The van der Waals surface area contributed by atoms with Crippen LogP contribution in [0, 0.1) is 5.92 Å². The molecule has 1 aliphatic carbocycles. The van der Waals surface area contributed by atoms with Crippen LogP contribution in [-0.4, -0.2) is 48.8 Å². The molecule has 9 heteroatoms. The monoisotopic (exact) mass is 460 g/mol. The van der Waals surface area contributed by atoms with Crippen molar-refractivity contribution < 1.29 is 27.7 Å². The lowest BCUT2D eigenvalue weighted by atomic mass is 9.85. The van der Waals surface area contributed by atoms with E-state index in [4.69, 9.17) is 18.1 Å². The third-order valence-corrected chi connectivity index (χ3v) is 16.2. The van der Waals surface area contributed by atoms with Gasteiger partial charge in [0.15, 0.2) is 16.6 Å². The van der Waals surface area contributed by atoms with Gasteiger partial charge in [-0.3, -0.25) is 0 Å². The summed E-state index contributed by atoms with van der Waals surface area (Å²) >= 11 is 0. The Kier molecular flexibility index (Phi) is 10.0. The Balaban J connectivity index is 2.84. The van der Waals surface area contributed by atoms with Gasteiger partial charge >= 0.3 is 20.5 Å². The summed E-state index contributed by atoms with van der Waals surface area (Å²) in [5.74, 6) is -1.17. The first kappa shape index (κ1) is 26.3. The molecule has 168 valence electrons. The van der Waals surface area contributed by atoms with Gasteiger partial charge < -0.3 is 18.1 Å². The van der Waals surface area contributed by atoms with Crippen molar-refractivity contribution in [2.24, 2.45) is 5.92 Å². The highest BCUT2D eigenvalue weighted by molar-refractivity contribution is 6.88. The maximum absolute atomic E-state index is 11.7. The van der Waals surface area contributed by atoms with Crippen molar-refractivity contribution in [2.45, 2.75) is 89.9 Å². The molecular formula is C20H40O6Si3. The Hall–Kier alpha value is -0.749. The first-order valence-electron chi connectivity index (χ1n) is 10.7. The summed E-state index contributed by atoms with van der Waals surface area (Å²) in [6.45, 7) is 15.7. The number of carboxylic acids is 1. The molecule has 0 aromatic heterocycles. The molecule has 1 unspecified atom stereocenters. The summed E-state index contributed by atoms with van der Waals surface area (Å²) in [5, 5.41) is 8.63. The van der Waals surface area contributed by atoms with Gasteiger partial charge in [0.25, 0.3) is 0 Å². The molecule has 0 heterocycles. The summed E-state index contributed by atoms with van der Waals surface area (Å²) in [6.07, 6.45) is 8.73. The number of carboxylic acid groups (broad SMARTS) is 1. The van der Waals surface area contributed by atoms with Gasteiger partial charge in [-0.2, -0.15) is 0 Å². The van der Waals surface area contributed by atoms with Crippen molar-refractivity contribution in [1.82, 2.24) is 0 Å². The molecule has 0 amide bonds. The van der Waals surface area contributed by atoms with E-state index in [0.717, 1.165) is 18.6 Å². The lowest BCUT2D eigenvalue weighted by molar-refractivity contribution is -0.139. The zero-order chi connectivity index (χ0) is 22.3. The zero-order valence-corrected chi connectivity index (χ0v) is 22.2. The van der Waals surface area contributed by atoms with Gasteiger partial charge in [0.05, 0.1) is 6.61 Å². The van der Waals surface area contributed by atoms with E-state index in [0.29, 0.717) is 18.1 Å². The number of ether oxygens (including phenoxy) is 1. The summed E-state index contributed by atoms with van der Waals surface area (Å²) in [6, 6.07) is 0. The predicted molar refractivity (Wildman–Crippen MR) is 123 cm³/mol. The van der Waals surface area contributed by atoms with Gasteiger partial charge in [-0.1, -0.05) is 32.1 Å². The second kappa shape index (κ2) is 11.0. The number of esters is 1. The second-order valence-electron chi connectivity index (χ2n) is 9.95. The van der Waals surface area contributed by atoms with Crippen molar-refractivity contribution in [3.8, 4) is 0 Å². The number of carbonyl (C=O) groups excluding carboxylic acids is 1. The molecule has 0 spiro atoms. The molecule has 0 radical (unpaired) electrons. The Labute approximate surface area is 179 Å². The first-order valence-corrected chi connectivity index (χ1v) is 19.9. The van der Waals surface area contributed by atoms with Crippen LogP contribution in [-0.2, 0) is 22.6 Å². The molecule has 1 atom stereocenters. The van der Waals surface area contributed by atoms with E-state index in [9.17, 15) is 9.59 Å². The molecule has 1 saturated carbocycles. The lowest BCUT2D eigenvalue weighted by Gasteiger charge is -2.44. The normalized spacial score (nSPS) is 18.0. The summed E-state index contributed by atoms with van der Waals surface area (Å²) < 4.78 is 18.5. The van der Waals surface area contributed by atoms with Crippen molar-refractivity contribution >= 4 is 37.1 Å². The number of hydrogen-bond acceptors (Lipinski definition) is 5. The van der Waals surface area contributed by atoms with Crippen LogP contribution in [0.5, 0.6) is 0 Å². The minimum atomic E-state index is -2.25. The zero-order valence-electron chi connectivity index (χ0n) is 19.2. The van der Waals surface area contributed by atoms with E-state index in [2.05, 4.69) is 45.8 Å². The fraction of sp³-hybridized carbons (Fsp3) is 0.800. The van der Waals surface area contributed by atoms with Crippen LogP contribution >= 0.6 is 0 Å². The minimum absolute atomic E-state index is 0.292. The Morgan fingerprint density at radius 2 is 1.55 bits per heavy atom. The molecule has 0 aliphatic heterocycles. The quantitative estimate of drug-likeness (QED) is 0.256. The molecule has 1 N–H and O–H groups in total. The van der Waals surface area contributed by atoms with Crippen LogP contribution in [0.3, 0.4) is 0 Å². The van der Waals surface area contributed by atoms with Gasteiger partial charge in [-0.25, -0.2) is 9.59 Å². The molecule has 0 aromatic carbocycles. The Morgan fingerprint density at radius 3 is 2.07 bits per heavy atom. The standard InChI is InChI=1S/C20H40O6Si3/c1-27(2,3)25-29(6,7)26-28(4,5)18(17-11-9-8-10-12-17)15-16-24-20(23)14-13-19(21)22/h13-14,17-18H,8-12,15-16H2,1-7H3,(H,21,22). The van der Waals surface area contributed by atoms with E-state index >= 15 is 0 Å². The van der Waals surface area contributed by atoms with Crippen LogP contribution in [0.4, 0.5) is 0 Å². The van der Waals surface area contributed by atoms with Crippen LogP contribution < -0.4 is 0 Å². The average molecular weight is 461 g/mol. The molecule has 29 heavy (non-hydrogen) atoms. The van der Waals surface area contributed by atoms with E-state index in [1.807, 2.05) is 0 Å². The summed E-state index contributed by atoms with van der Waals surface area (Å²) in [4.78, 5) is 22.3. The smallest absolute Gasteiger partial charge is 0.331 e. The SMILES string of the molecule is C[Si](C)(C)O[Si](C)(C)O[Si](C)(C)C(CCOC(=O)C=CC(=O)O)C1CCCCC1. The molecule has 6 nitrogen and oxygen atoms in total. The van der Waals surface area contributed by atoms with Gasteiger partial charge in [0.2, 0.25) is 0 Å². The maximum atomic E-state index is 11.7. The number of hydrogen-bond donors (Lipinski definition) is 1.